The first-order valence-corrected chi connectivity index (χ1v) is 4.62. The number of rotatable bonds is 3. The summed E-state index contributed by atoms with van der Waals surface area (Å²) in [6, 6.07) is 0. The Morgan fingerprint density at radius 3 is 2.08 bits per heavy atom. The fraction of sp³-hybridized carbons (Fsp3) is 0.727. The van der Waals surface area contributed by atoms with E-state index in [1.165, 1.54) is 6.08 Å². The number of esters is 1. The van der Waals surface area contributed by atoms with Crippen LogP contribution in [0.15, 0.2) is 12.7 Å². The van der Waals surface area contributed by atoms with Gasteiger partial charge in [0.15, 0.2) is 0 Å². The molecule has 0 aromatic heterocycles. The van der Waals surface area contributed by atoms with Gasteiger partial charge >= 0.3 is 5.97 Å². The lowest BCUT2D eigenvalue weighted by Crippen LogP contribution is -2.43. The lowest BCUT2D eigenvalue weighted by Gasteiger charge is -2.40. The van der Waals surface area contributed by atoms with Gasteiger partial charge in [0.1, 0.15) is 5.60 Å². The molecule has 76 valence electrons. The first-order chi connectivity index (χ1) is 5.77. The van der Waals surface area contributed by atoms with Crippen LogP contribution < -0.4 is 0 Å². The van der Waals surface area contributed by atoms with Gasteiger partial charge in [-0.2, -0.15) is 0 Å². The summed E-state index contributed by atoms with van der Waals surface area (Å²) in [7, 11) is 0. The standard InChI is InChI=1S/C11H20O2/c1-7-9(12)13-11(6,8-2)10(3,4)5/h7H,1,8H2,2-6H3. The Kier molecular flexibility index (Phi) is 3.71. The molecule has 0 radical (unpaired) electrons. The molecule has 0 N–H and O–H groups in total. The molecule has 2 nitrogen and oxygen atoms in total. The molecule has 0 bridgehead atoms. The highest BCUT2D eigenvalue weighted by atomic mass is 16.6. The summed E-state index contributed by atoms with van der Waals surface area (Å²) >= 11 is 0. The molecule has 0 saturated carbocycles. The van der Waals surface area contributed by atoms with Crippen molar-refractivity contribution in [2.24, 2.45) is 5.41 Å². The van der Waals surface area contributed by atoms with Gasteiger partial charge in [0, 0.05) is 11.5 Å². The molecule has 0 aliphatic carbocycles. The fourth-order valence-corrected chi connectivity index (χ4v) is 1.02. The zero-order valence-electron chi connectivity index (χ0n) is 9.31. The zero-order chi connectivity index (χ0) is 10.7. The second kappa shape index (κ2) is 3.95. The van der Waals surface area contributed by atoms with Crippen molar-refractivity contribution >= 4 is 5.97 Å². The number of ether oxygens (including phenoxy) is 1. The Morgan fingerprint density at radius 1 is 1.38 bits per heavy atom. The van der Waals surface area contributed by atoms with Gasteiger partial charge in [-0.3, -0.25) is 0 Å². The molecule has 0 fully saturated rings. The van der Waals surface area contributed by atoms with Crippen LogP contribution in [0.4, 0.5) is 0 Å². The molecule has 0 aromatic carbocycles. The van der Waals surface area contributed by atoms with Gasteiger partial charge in [0.2, 0.25) is 0 Å². The van der Waals surface area contributed by atoms with Crippen LogP contribution in [0.3, 0.4) is 0 Å². The van der Waals surface area contributed by atoms with Crippen molar-refractivity contribution in [2.75, 3.05) is 0 Å². The van der Waals surface area contributed by atoms with Crippen LogP contribution in [0.5, 0.6) is 0 Å². The molecule has 0 amide bonds. The van der Waals surface area contributed by atoms with Crippen molar-refractivity contribution < 1.29 is 9.53 Å². The highest BCUT2D eigenvalue weighted by molar-refractivity contribution is 5.81. The van der Waals surface area contributed by atoms with E-state index in [0.717, 1.165) is 6.42 Å². The molecule has 0 aromatic rings. The lowest BCUT2D eigenvalue weighted by atomic mass is 9.76. The Balaban J connectivity index is 4.65. The van der Waals surface area contributed by atoms with E-state index in [4.69, 9.17) is 4.74 Å². The van der Waals surface area contributed by atoms with Crippen molar-refractivity contribution in [2.45, 2.75) is 46.6 Å². The van der Waals surface area contributed by atoms with E-state index in [2.05, 4.69) is 27.4 Å². The molecule has 13 heavy (non-hydrogen) atoms. The monoisotopic (exact) mass is 184 g/mol. The average molecular weight is 184 g/mol. The predicted octanol–water partition coefficient (Wildman–Crippen LogP) is 2.93. The third-order valence-electron chi connectivity index (χ3n) is 2.75. The van der Waals surface area contributed by atoms with Crippen molar-refractivity contribution in [1.29, 1.82) is 0 Å². The number of carbonyl (C=O) groups is 1. The Hall–Kier alpha value is -0.790. The minimum absolute atomic E-state index is 0.0551. The molecule has 0 saturated heterocycles. The summed E-state index contributed by atoms with van der Waals surface area (Å²) in [4.78, 5) is 11.1. The fourth-order valence-electron chi connectivity index (χ4n) is 1.02. The summed E-state index contributed by atoms with van der Waals surface area (Å²) in [6.07, 6.45) is 2.01. The maximum atomic E-state index is 11.1. The first-order valence-electron chi connectivity index (χ1n) is 4.62. The van der Waals surface area contributed by atoms with Gasteiger partial charge in [0.05, 0.1) is 0 Å². The highest BCUT2D eigenvalue weighted by Gasteiger charge is 2.38. The van der Waals surface area contributed by atoms with Crippen LogP contribution >= 0.6 is 0 Å². The minimum Gasteiger partial charge on any atom is -0.456 e. The molecule has 0 heterocycles. The van der Waals surface area contributed by atoms with Crippen LogP contribution in [0.2, 0.25) is 0 Å². The molecule has 1 atom stereocenters. The Morgan fingerprint density at radius 2 is 1.85 bits per heavy atom. The van der Waals surface area contributed by atoms with Crippen molar-refractivity contribution in [3.63, 3.8) is 0 Å². The molecular weight excluding hydrogens is 164 g/mol. The van der Waals surface area contributed by atoms with Gasteiger partial charge < -0.3 is 4.74 Å². The predicted molar refractivity (Wildman–Crippen MR) is 54.4 cm³/mol. The van der Waals surface area contributed by atoms with Gasteiger partial charge in [-0.05, 0) is 13.3 Å². The second-order valence-electron chi connectivity index (χ2n) is 4.46. The summed E-state index contributed by atoms with van der Waals surface area (Å²) in [5, 5.41) is 0. The summed E-state index contributed by atoms with van der Waals surface area (Å²) in [5.74, 6) is -0.348. The molecule has 0 spiro atoms. The minimum atomic E-state index is -0.418. The highest BCUT2D eigenvalue weighted by Crippen LogP contribution is 2.36. The summed E-state index contributed by atoms with van der Waals surface area (Å²) in [5.41, 5.74) is -0.474. The van der Waals surface area contributed by atoms with Gasteiger partial charge in [-0.15, -0.1) is 0 Å². The summed E-state index contributed by atoms with van der Waals surface area (Å²) in [6.45, 7) is 13.5. The molecule has 0 rings (SSSR count). The largest absolute Gasteiger partial charge is 0.456 e. The molecule has 0 aliphatic heterocycles. The van der Waals surface area contributed by atoms with E-state index in [1.54, 1.807) is 0 Å². The van der Waals surface area contributed by atoms with Crippen LogP contribution in [0.25, 0.3) is 0 Å². The third-order valence-corrected chi connectivity index (χ3v) is 2.75. The van der Waals surface area contributed by atoms with Crippen LogP contribution in [-0.4, -0.2) is 11.6 Å². The average Bonchev–Trinajstić information content (AvgIpc) is 2.02. The number of hydrogen-bond donors (Lipinski definition) is 0. The van der Waals surface area contributed by atoms with Crippen LogP contribution in [-0.2, 0) is 9.53 Å². The van der Waals surface area contributed by atoms with Crippen molar-refractivity contribution in [3.8, 4) is 0 Å². The smallest absolute Gasteiger partial charge is 0.330 e. The van der Waals surface area contributed by atoms with E-state index >= 15 is 0 Å². The van der Waals surface area contributed by atoms with E-state index < -0.39 is 5.60 Å². The van der Waals surface area contributed by atoms with E-state index in [9.17, 15) is 4.79 Å². The van der Waals surface area contributed by atoms with Crippen molar-refractivity contribution in [3.05, 3.63) is 12.7 Å². The van der Waals surface area contributed by atoms with Crippen LogP contribution in [0, 0.1) is 5.41 Å². The second-order valence-corrected chi connectivity index (χ2v) is 4.46. The van der Waals surface area contributed by atoms with E-state index in [0.29, 0.717) is 0 Å². The Bertz CT molecular complexity index is 201. The normalized spacial score (nSPS) is 16.1. The molecule has 2 heteroatoms. The summed E-state index contributed by atoms with van der Waals surface area (Å²) < 4.78 is 5.34. The van der Waals surface area contributed by atoms with Crippen molar-refractivity contribution in [1.82, 2.24) is 0 Å². The maximum Gasteiger partial charge on any atom is 0.330 e. The first kappa shape index (κ1) is 12.2. The SMILES string of the molecule is C=CC(=O)OC(C)(CC)C(C)(C)C. The lowest BCUT2D eigenvalue weighted by molar-refractivity contribution is -0.164. The van der Waals surface area contributed by atoms with Gasteiger partial charge in [-0.1, -0.05) is 34.3 Å². The van der Waals surface area contributed by atoms with Crippen LogP contribution in [0.1, 0.15) is 41.0 Å². The van der Waals surface area contributed by atoms with E-state index in [-0.39, 0.29) is 11.4 Å². The molecular formula is C11H20O2. The third kappa shape index (κ3) is 2.87. The van der Waals surface area contributed by atoms with Gasteiger partial charge in [0.25, 0.3) is 0 Å². The zero-order valence-corrected chi connectivity index (χ0v) is 9.31. The molecule has 1 unspecified atom stereocenters. The maximum absolute atomic E-state index is 11.1. The quantitative estimate of drug-likeness (QED) is 0.498. The molecule has 0 aliphatic rings. The number of hydrogen-bond acceptors (Lipinski definition) is 2. The van der Waals surface area contributed by atoms with Gasteiger partial charge in [-0.25, -0.2) is 4.79 Å². The Labute approximate surface area is 81.0 Å². The number of carbonyl (C=O) groups excluding carboxylic acids is 1. The topological polar surface area (TPSA) is 26.3 Å². The van der Waals surface area contributed by atoms with E-state index in [1.807, 2.05) is 13.8 Å².